The molecule has 0 heterocycles. The number of nitrogens with zero attached hydrogens (tertiary/aromatic N) is 1. The fourth-order valence-electron chi connectivity index (χ4n) is 0.602. The van der Waals surface area contributed by atoms with Crippen LogP contribution >= 0.6 is 0 Å². The molecule has 0 aromatic heterocycles. The van der Waals surface area contributed by atoms with E-state index in [4.69, 9.17) is 5.84 Å². The molecule has 0 bridgehead atoms. The van der Waals surface area contributed by atoms with Gasteiger partial charge in [0.15, 0.2) is 0 Å². The molecule has 0 saturated carbocycles. The highest BCUT2D eigenvalue weighted by atomic mass is 15.4. The van der Waals surface area contributed by atoms with Crippen molar-refractivity contribution in [3.63, 3.8) is 0 Å². The van der Waals surface area contributed by atoms with Gasteiger partial charge in [-0.3, -0.25) is 0 Å². The first kappa shape index (κ1) is 18.3. The van der Waals surface area contributed by atoms with E-state index in [0.717, 1.165) is 25.1 Å². The van der Waals surface area contributed by atoms with Crippen LogP contribution in [-0.2, 0) is 0 Å². The van der Waals surface area contributed by atoms with Gasteiger partial charge in [-0.25, -0.2) is 5.84 Å². The number of rotatable bonds is 4. The molecule has 13 heavy (non-hydrogen) atoms. The van der Waals surface area contributed by atoms with Gasteiger partial charge < -0.3 is 5.01 Å². The molecule has 0 aliphatic heterocycles. The molecule has 0 aromatic carbocycles. The van der Waals surface area contributed by atoms with Crippen molar-refractivity contribution in [2.24, 2.45) is 5.84 Å². The Hall–Kier alpha value is -0.500. The zero-order valence-electron chi connectivity index (χ0n) is 10.4. The second-order valence-corrected chi connectivity index (χ2v) is 2.11. The van der Waals surface area contributed by atoms with Gasteiger partial charge in [0.1, 0.15) is 0 Å². The lowest BCUT2D eigenvalue weighted by atomic mass is 10.3. The van der Waals surface area contributed by atoms with Crippen LogP contribution in [0, 0.1) is 0 Å². The van der Waals surface area contributed by atoms with Crippen LogP contribution in [0.3, 0.4) is 0 Å². The second-order valence-electron chi connectivity index (χ2n) is 2.11. The standard InChI is InChI=1S/C7H16N2.2C2H6/c1-4-6-9(8)7(3)5-2;2*1-2/h3-6,8H2,1-2H3;2*1-2H3. The Morgan fingerprint density at radius 3 is 1.77 bits per heavy atom. The molecule has 2 nitrogen and oxygen atoms in total. The van der Waals surface area contributed by atoms with Crippen LogP contribution < -0.4 is 5.84 Å². The molecule has 0 amide bonds. The van der Waals surface area contributed by atoms with Crippen LogP contribution in [0.2, 0.25) is 0 Å². The quantitative estimate of drug-likeness (QED) is 0.540. The first-order valence-electron chi connectivity index (χ1n) is 5.42. The molecule has 0 radical (unpaired) electrons. The Kier molecular flexibility index (Phi) is 24.7. The van der Waals surface area contributed by atoms with E-state index in [1.165, 1.54) is 0 Å². The number of hydrogen-bond acceptors (Lipinski definition) is 2. The van der Waals surface area contributed by atoms with Crippen molar-refractivity contribution in [1.29, 1.82) is 0 Å². The van der Waals surface area contributed by atoms with Crippen molar-refractivity contribution in [2.75, 3.05) is 6.54 Å². The molecular weight excluding hydrogens is 160 g/mol. The van der Waals surface area contributed by atoms with Crippen LogP contribution in [0.5, 0.6) is 0 Å². The van der Waals surface area contributed by atoms with E-state index < -0.39 is 0 Å². The largest absolute Gasteiger partial charge is 0.316 e. The van der Waals surface area contributed by atoms with Crippen LogP contribution in [-0.4, -0.2) is 11.6 Å². The zero-order chi connectivity index (χ0) is 11.3. The molecule has 0 aliphatic rings. The average Bonchev–Trinajstić information content (AvgIpc) is 2.23. The zero-order valence-corrected chi connectivity index (χ0v) is 10.4. The highest BCUT2D eigenvalue weighted by Gasteiger charge is 1.95. The number of hydrazine groups is 1. The highest BCUT2D eigenvalue weighted by molar-refractivity contribution is 4.88. The molecule has 0 unspecified atom stereocenters. The van der Waals surface area contributed by atoms with E-state index in [0.29, 0.717) is 0 Å². The number of nitrogens with two attached hydrogens (primary N) is 1. The minimum absolute atomic E-state index is 0.909. The van der Waals surface area contributed by atoms with E-state index in [1.807, 2.05) is 27.7 Å². The van der Waals surface area contributed by atoms with Crippen LogP contribution in [0.1, 0.15) is 54.4 Å². The summed E-state index contributed by atoms with van der Waals surface area (Å²) in [6.07, 6.45) is 2.02. The lowest BCUT2D eigenvalue weighted by molar-refractivity contribution is 0.351. The molecular formula is C11H28N2. The molecule has 0 aliphatic carbocycles. The topological polar surface area (TPSA) is 29.3 Å². The van der Waals surface area contributed by atoms with Crippen molar-refractivity contribution >= 4 is 0 Å². The molecule has 2 N–H and O–H groups in total. The monoisotopic (exact) mass is 188 g/mol. The molecule has 82 valence electrons. The summed E-state index contributed by atoms with van der Waals surface area (Å²) in [5, 5.41) is 1.71. The third kappa shape index (κ3) is 14.4. The summed E-state index contributed by atoms with van der Waals surface area (Å²) in [5.41, 5.74) is 1.01. The predicted molar refractivity (Wildman–Crippen MR) is 63.3 cm³/mol. The molecule has 2 heteroatoms. The smallest absolute Gasteiger partial charge is 0.0335 e. The van der Waals surface area contributed by atoms with Crippen molar-refractivity contribution in [1.82, 2.24) is 5.01 Å². The van der Waals surface area contributed by atoms with Crippen LogP contribution in [0.25, 0.3) is 0 Å². The summed E-state index contributed by atoms with van der Waals surface area (Å²) in [4.78, 5) is 0. The lowest BCUT2D eigenvalue weighted by Crippen LogP contribution is -2.30. The Morgan fingerprint density at radius 2 is 1.54 bits per heavy atom. The summed E-state index contributed by atoms with van der Waals surface area (Å²) in [6.45, 7) is 16.9. The average molecular weight is 188 g/mol. The summed E-state index contributed by atoms with van der Waals surface area (Å²) in [5.74, 6) is 5.57. The van der Waals surface area contributed by atoms with Gasteiger partial charge in [-0.2, -0.15) is 0 Å². The second kappa shape index (κ2) is 17.5. The summed E-state index contributed by atoms with van der Waals surface area (Å²) < 4.78 is 0. The van der Waals surface area contributed by atoms with Gasteiger partial charge in [-0.15, -0.1) is 0 Å². The van der Waals surface area contributed by atoms with Gasteiger partial charge in [0.05, 0.1) is 0 Å². The SMILES string of the molecule is C=C(CC)N(N)CCC.CC.CC. The Balaban J connectivity index is -0.000000218. The van der Waals surface area contributed by atoms with Gasteiger partial charge in [-0.1, -0.05) is 48.1 Å². The van der Waals surface area contributed by atoms with Gasteiger partial charge in [0, 0.05) is 12.2 Å². The molecule has 0 rings (SSSR count). The van der Waals surface area contributed by atoms with E-state index in [-0.39, 0.29) is 0 Å². The summed E-state index contributed by atoms with van der Waals surface area (Å²) >= 11 is 0. The summed E-state index contributed by atoms with van der Waals surface area (Å²) in [6, 6.07) is 0. The summed E-state index contributed by atoms with van der Waals surface area (Å²) in [7, 11) is 0. The van der Waals surface area contributed by atoms with Gasteiger partial charge in [0.2, 0.25) is 0 Å². The number of hydrogen-bond donors (Lipinski definition) is 1. The molecule has 0 fully saturated rings. The van der Waals surface area contributed by atoms with Crippen molar-refractivity contribution in [3.05, 3.63) is 12.3 Å². The fourth-order valence-corrected chi connectivity index (χ4v) is 0.602. The van der Waals surface area contributed by atoms with Crippen molar-refractivity contribution in [2.45, 2.75) is 54.4 Å². The van der Waals surface area contributed by atoms with E-state index >= 15 is 0 Å². The van der Waals surface area contributed by atoms with E-state index in [2.05, 4.69) is 20.4 Å². The molecule has 0 saturated heterocycles. The third-order valence-electron chi connectivity index (χ3n) is 1.28. The first-order valence-corrected chi connectivity index (χ1v) is 5.42. The van der Waals surface area contributed by atoms with Crippen molar-refractivity contribution < 1.29 is 0 Å². The lowest BCUT2D eigenvalue weighted by Gasteiger charge is -2.18. The van der Waals surface area contributed by atoms with Crippen molar-refractivity contribution in [3.8, 4) is 0 Å². The van der Waals surface area contributed by atoms with E-state index in [1.54, 1.807) is 5.01 Å². The molecule has 0 atom stereocenters. The predicted octanol–water partition coefficient (Wildman–Crippen LogP) is 3.55. The van der Waals surface area contributed by atoms with Gasteiger partial charge in [-0.05, 0) is 12.8 Å². The Bertz CT molecular complexity index is 90.1. The van der Waals surface area contributed by atoms with Gasteiger partial charge in [0.25, 0.3) is 0 Å². The van der Waals surface area contributed by atoms with E-state index in [9.17, 15) is 0 Å². The van der Waals surface area contributed by atoms with Crippen LogP contribution in [0.15, 0.2) is 12.3 Å². The maximum atomic E-state index is 5.57. The molecule has 0 aromatic rings. The van der Waals surface area contributed by atoms with Crippen LogP contribution in [0.4, 0.5) is 0 Å². The first-order chi connectivity index (χ1) is 6.22. The van der Waals surface area contributed by atoms with Gasteiger partial charge >= 0.3 is 0 Å². The fraction of sp³-hybridized carbons (Fsp3) is 0.818. The molecule has 0 spiro atoms. The Morgan fingerprint density at radius 1 is 1.15 bits per heavy atom. The normalized spacial score (nSPS) is 7.31. The maximum Gasteiger partial charge on any atom is 0.0335 e. The number of allylic oxidation sites excluding steroid dienone is 1. The minimum Gasteiger partial charge on any atom is -0.316 e. The highest BCUT2D eigenvalue weighted by Crippen LogP contribution is 1.99. The maximum absolute atomic E-state index is 5.57. The Labute approximate surface area is 84.8 Å². The third-order valence-corrected chi connectivity index (χ3v) is 1.28. The minimum atomic E-state index is 0.909.